The van der Waals surface area contributed by atoms with Crippen molar-refractivity contribution >= 4 is 41.7 Å². The first-order valence-corrected chi connectivity index (χ1v) is 9.87. The molecule has 158 valence electrons. The molecule has 0 saturated heterocycles. The van der Waals surface area contributed by atoms with Gasteiger partial charge in [0.05, 0.1) is 12.2 Å². The summed E-state index contributed by atoms with van der Waals surface area (Å²) in [5, 5.41) is 3.12. The zero-order valence-electron chi connectivity index (χ0n) is 17.7. The van der Waals surface area contributed by atoms with Gasteiger partial charge in [-0.3, -0.25) is 4.90 Å². The van der Waals surface area contributed by atoms with Gasteiger partial charge in [0, 0.05) is 12.6 Å². The number of nitrogens with two attached hydrogens (primary N) is 1. The Labute approximate surface area is 186 Å². The third-order valence-corrected chi connectivity index (χ3v) is 4.29. The number of aliphatic imine (C=N–C) groups is 1. The summed E-state index contributed by atoms with van der Waals surface area (Å²) >= 11 is 0. The molecule has 1 amide bonds. The van der Waals surface area contributed by atoms with Crippen molar-refractivity contribution in [2.24, 2.45) is 10.7 Å². The normalized spacial score (nSPS) is 14.2. The molecule has 0 heterocycles. The van der Waals surface area contributed by atoms with Crippen molar-refractivity contribution in [2.45, 2.75) is 78.5 Å². The molecule has 2 rings (SSSR count). The van der Waals surface area contributed by atoms with Gasteiger partial charge in [0.1, 0.15) is 5.60 Å². The molecule has 1 aromatic rings. The fourth-order valence-electron chi connectivity index (χ4n) is 2.80. The van der Waals surface area contributed by atoms with Crippen molar-refractivity contribution in [2.75, 3.05) is 11.4 Å². The van der Waals surface area contributed by atoms with Crippen LogP contribution in [0.5, 0.6) is 0 Å². The molecular weight excluding hydrogens is 467 g/mol. The van der Waals surface area contributed by atoms with Gasteiger partial charge in [0.25, 0.3) is 0 Å². The van der Waals surface area contributed by atoms with Crippen LogP contribution in [0.1, 0.15) is 64.5 Å². The summed E-state index contributed by atoms with van der Waals surface area (Å²) in [6, 6.07) is 6.30. The Bertz CT molecular complexity index is 681. The molecule has 0 bridgehead atoms. The fraction of sp³-hybridized carbons (Fsp3) is 0.619. The number of ether oxygens (including phenoxy) is 1. The van der Waals surface area contributed by atoms with Gasteiger partial charge in [-0.25, -0.2) is 9.79 Å². The number of carbonyl (C=O) groups excluding carboxylic acids is 1. The van der Waals surface area contributed by atoms with E-state index in [1.54, 1.807) is 4.90 Å². The third kappa shape index (κ3) is 7.85. The monoisotopic (exact) mass is 502 g/mol. The van der Waals surface area contributed by atoms with E-state index in [4.69, 9.17) is 10.5 Å². The predicted molar refractivity (Wildman–Crippen MR) is 127 cm³/mol. The van der Waals surface area contributed by atoms with Gasteiger partial charge in [-0.15, -0.1) is 24.0 Å². The summed E-state index contributed by atoms with van der Waals surface area (Å²) in [4.78, 5) is 18.9. The van der Waals surface area contributed by atoms with E-state index in [2.05, 4.69) is 23.3 Å². The van der Waals surface area contributed by atoms with Crippen LogP contribution in [-0.4, -0.2) is 30.2 Å². The molecule has 1 aromatic carbocycles. The van der Waals surface area contributed by atoms with E-state index >= 15 is 0 Å². The lowest BCUT2D eigenvalue weighted by Gasteiger charge is -2.28. The lowest BCUT2D eigenvalue weighted by atomic mass is 10.1. The summed E-state index contributed by atoms with van der Waals surface area (Å²) < 4.78 is 5.61. The number of rotatable bonds is 7. The summed E-state index contributed by atoms with van der Waals surface area (Å²) in [6.07, 6.45) is 3.96. The summed E-state index contributed by atoms with van der Waals surface area (Å²) in [7, 11) is 0. The molecule has 0 aliphatic heterocycles. The van der Waals surface area contributed by atoms with Crippen molar-refractivity contribution in [3.8, 4) is 0 Å². The van der Waals surface area contributed by atoms with Crippen LogP contribution in [-0.2, 0) is 11.3 Å². The second-order valence-corrected chi connectivity index (χ2v) is 8.18. The highest BCUT2D eigenvalue weighted by Crippen LogP contribution is 2.35. The van der Waals surface area contributed by atoms with Crippen LogP contribution >= 0.6 is 24.0 Å². The highest BCUT2D eigenvalue weighted by Gasteiger charge is 2.37. The number of aryl methyl sites for hydroxylation is 1. The Kier molecular flexibility index (Phi) is 9.53. The molecule has 0 spiro atoms. The van der Waals surface area contributed by atoms with Gasteiger partial charge in [-0.2, -0.15) is 0 Å². The van der Waals surface area contributed by atoms with Crippen molar-refractivity contribution in [1.82, 2.24) is 5.32 Å². The van der Waals surface area contributed by atoms with E-state index in [-0.39, 0.29) is 36.1 Å². The number of guanidine groups is 1. The molecule has 7 heteroatoms. The second kappa shape index (κ2) is 10.9. The maximum atomic E-state index is 12.7. The van der Waals surface area contributed by atoms with Gasteiger partial charge < -0.3 is 15.8 Å². The average Bonchev–Trinajstić information content (AvgIpc) is 3.38. The average molecular weight is 502 g/mol. The summed E-state index contributed by atoms with van der Waals surface area (Å²) in [5.74, 6) is 0.471. The van der Waals surface area contributed by atoms with Crippen LogP contribution in [0.2, 0.25) is 0 Å². The quantitative estimate of drug-likeness (QED) is 0.245. The Morgan fingerprint density at radius 1 is 1.36 bits per heavy atom. The summed E-state index contributed by atoms with van der Waals surface area (Å²) in [6.45, 7) is 11.2. The number of nitrogens with one attached hydrogen (secondary N) is 1. The Hall–Kier alpha value is -1.51. The highest BCUT2D eigenvalue weighted by atomic mass is 127. The first kappa shape index (κ1) is 24.5. The van der Waals surface area contributed by atoms with Crippen LogP contribution in [0.3, 0.4) is 0 Å². The molecule has 6 nitrogen and oxygen atoms in total. The van der Waals surface area contributed by atoms with Gasteiger partial charge >= 0.3 is 6.09 Å². The van der Waals surface area contributed by atoms with Gasteiger partial charge in [0.2, 0.25) is 0 Å². The van der Waals surface area contributed by atoms with Crippen LogP contribution in [0.15, 0.2) is 23.2 Å². The molecule has 1 fully saturated rings. The van der Waals surface area contributed by atoms with Gasteiger partial charge in [-0.05, 0) is 64.2 Å². The lowest BCUT2D eigenvalue weighted by Crippen LogP contribution is -2.38. The number of halogens is 1. The first-order chi connectivity index (χ1) is 12.7. The van der Waals surface area contributed by atoms with Crippen molar-refractivity contribution in [1.29, 1.82) is 0 Å². The number of benzene rings is 1. The van der Waals surface area contributed by atoms with Crippen molar-refractivity contribution < 1.29 is 9.53 Å². The lowest BCUT2D eigenvalue weighted by molar-refractivity contribution is 0.0577. The van der Waals surface area contributed by atoms with Gasteiger partial charge in [0.15, 0.2) is 5.96 Å². The maximum Gasteiger partial charge on any atom is 0.415 e. The molecule has 0 atom stereocenters. The first-order valence-electron chi connectivity index (χ1n) is 9.87. The van der Waals surface area contributed by atoms with Crippen LogP contribution in [0.4, 0.5) is 10.5 Å². The SMILES string of the molecule is CCCCNC(N)=NCc1ccc(N(C(=O)OC(C)(C)C)C2CC2)c(C)c1.I. The molecule has 1 saturated carbocycles. The van der Waals surface area contributed by atoms with E-state index in [1.807, 2.05) is 39.8 Å². The topological polar surface area (TPSA) is 80.0 Å². The number of anilines is 1. The van der Waals surface area contributed by atoms with Crippen LogP contribution < -0.4 is 16.0 Å². The predicted octanol–water partition coefficient (Wildman–Crippen LogP) is 4.72. The molecule has 3 N–H and O–H groups in total. The van der Waals surface area contributed by atoms with E-state index in [9.17, 15) is 4.79 Å². The molecule has 28 heavy (non-hydrogen) atoms. The standard InChI is InChI=1S/C21H34N4O2.HI/c1-6-7-12-23-19(22)24-14-16-8-11-18(15(2)13-16)25(17-9-10-17)20(26)27-21(3,4)5;/h8,11,13,17H,6-7,9-10,12,14H2,1-5H3,(H3,22,23,24);1H. The van der Waals surface area contributed by atoms with Crippen molar-refractivity contribution in [3.63, 3.8) is 0 Å². The van der Waals surface area contributed by atoms with E-state index in [0.717, 1.165) is 49.0 Å². The smallest absolute Gasteiger partial charge is 0.415 e. The van der Waals surface area contributed by atoms with Crippen LogP contribution in [0, 0.1) is 6.92 Å². The minimum atomic E-state index is -0.505. The number of amides is 1. The maximum absolute atomic E-state index is 12.7. The number of unbranched alkanes of at least 4 members (excludes halogenated alkanes) is 1. The minimum Gasteiger partial charge on any atom is -0.443 e. The largest absolute Gasteiger partial charge is 0.443 e. The molecule has 1 aliphatic carbocycles. The molecule has 0 radical (unpaired) electrons. The Morgan fingerprint density at radius 2 is 2.04 bits per heavy atom. The number of hydrogen-bond donors (Lipinski definition) is 2. The highest BCUT2D eigenvalue weighted by molar-refractivity contribution is 14.0. The van der Waals surface area contributed by atoms with Crippen molar-refractivity contribution in [3.05, 3.63) is 29.3 Å². The van der Waals surface area contributed by atoms with E-state index in [1.165, 1.54) is 0 Å². The molecule has 0 aromatic heterocycles. The zero-order valence-corrected chi connectivity index (χ0v) is 20.1. The molecular formula is C21H35IN4O2. The minimum absolute atomic E-state index is 0. The second-order valence-electron chi connectivity index (χ2n) is 8.18. The number of nitrogens with zero attached hydrogens (tertiary/aromatic N) is 2. The zero-order chi connectivity index (χ0) is 20.0. The van der Waals surface area contributed by atoms with Gasteiger partial charge in [-0.1, -0.05) is 25.5 Å². The number of carbonyl (C=O) groups is 1. The Morgan fingerprint density at radius 3 is 2.57 bits per heavy atom. The number of hydrogen-bond acceptors (Lipinski definition) is 3. The summed E-state index contributed by atoms with van der Waals surface area (Å²) in [5.41, 5.74) is 8.41. The van der Waals surface area contributed by atoms with Crippen LogP contribution in [0.25, 0.3) is 0 Å². The fourth-order valence-corrected chi connectivity index (χ4v) is 2.80. The Balaban J connectivity index is 0.00000392. The third-order valence-electron chi connectivity index (χ3n) is 4.29. The molecule has 0 unspecified atom stereocenters. The van der Waals surface area contributed by atoms with E-state index < -0.39 is 5.60 Å². The molecule has 1 aliphatic rings. The van der Waals surface area contributed by atoms with E-state index in [0.29, 0.717) is 12.5 Å².